The number of aliphatic hydroxyl groups is 2. The molecule has 0 aromatic rings. The third kappa shape index (κ3) is 3.38. The van der Waals surface area contributed by atoms with Gasteiger partial charge in [-0.1, -0.05) is 40.5 Å². The van der Waals surface area contributed by atoms with E-state index in [4.69, 9.17) is 5.11 Å². The van der Waals surface area contributed by atoms with Crippen LogP contribution in [0.1, 0.15) is 86.0 Å². The standard InChI is InChI=1S/C20H38O2/c1-15(10-14-21)7-8-17-19(4)12-6-11-18(2,3)16(19)9-13-20(17,5)22/h15-17,21-22H,6-14H2,1-5H3/t15-,16+,17+,19+,20+/m0/s1. The van der Waals surface area contributed by atoms with Crippen LogP contribution < -0.4 is 0 Å². The first-order valence-corrected chi connectivity index (χ1v) is 9.47. The molecule has 2 fully saturated rings. The van der Waals surface area contributed by atoms with Crippen LogP contribution in [0.25, 0.3) is 0 Å². The molecule has 2 aliphatic carbocycles. The first-order valence-electron chi connectivity index (χ1n) is 9.47. The van der Waals surface area contributed by atoms with Gasteiger partial charge in [-0.3, -0.25) is 0 Å². The van der Waals surface area contributed by atoms with Gasteiger partial charge in [-0.15, -0.1) is 0 Å². The van der Waals surface area contributed by atoms with E-state index in [9.17, 15) is 5.11 Å². The second kappa shape index (κ2) is 6.43. The van der Waals surface area contributed by atoms with Crippen molar-refractivity contribution < 1.29 is 10.2 Å². The second-order valence-corrected chi connectivity index (χ2v) is 9.54. The molecule has 0 aromatic carbocycles. The van der Waals surface area contributed by atoms with Gasteiger partial charge in [-0.05, 0) is 74.0 Å². The van der Waals surface area contributed by atoms with Gasteiger partial charge < -0.3 is 10.2 Å². The normalized spacial score (nSPS) is 42.7. The minimum Gasteiger partial charge on any atom is -0.396 e. The number of rotatable bonds is 5. The fourth-order valence-electron chi connectivity index (χ4n) is 6.08. The molecule has 0 unspecified atom stereocenters. The molecule has 2 nitrogen and oxygen atoms in total. The molecule has 0 radical (unpaired) electrons. The van der Waals surface area contributed by atoms with E-state index in [1.165, 1.54) is 25.7 Å². The number of hydrogen-bond acceptors (Lipinski definition) is 2. The smallest absolute Gasteiger partial charge is 0.0653 e. The van der Waals surface area contributed by atoms with Gasteiger partial charge >= 0.3 is 0 Å². The largest absolute Gasteiger partial charge is 0.396 e. The summed E-state index contributed by atoms with van der Waals surface area (Å²) in [5.74, 6) is 1.70. The van der Waals surface area contributed by atoms with E-state index in [0.717, 1.165) is 31.6 Å². The Hall–Kier alpha value is -0.0800. The summed E-state index contributed by atoms with van der Waals surface area (Å²) in [5.41, 5.74) is 0.179. The maximum atomic E-state index is 11.1. The molecule has 22 heavy (non-hydrogen) atoms. The van der Waals surface area contributed by atoms with Crippen LogP contribution in [0.2, 0.25) is 0 Å². The summed E-state index contributed by atoms with van der Waals surface area (Å²) in [6, 6.07) is 0. The van der Waals surface area contributed by atoms with E-state index >= 15 is 0 Å². The van der Waals surface area contributed by atoms with Crippen LogP contribution in [0.5, 0.6) is 0 Å². The molecule has 5 atom stereocenters. The highest BCUT2D eigenvalue weighted by atomic mass is 16.3. The minimum atomic E-state index is -0.516. The SMILES string of the molecule is C[C@H](CCO)CC[C@@H]1[C@]2(C)CCCC(C)(C)[C@H]2CC[C@@]1(C)O. The maximum absolute atomic E-state index is 11.1. The van der Waals surface area contributed by atoms with Crippen LogP contribution in [-0.2, 0) is 0 Å². The molecule has 2 heteroatoms. The molecule has 2 N–H and O–H groups in total. The Morgan fingerprint density at radius 2 is 1.73 bits per heavy atom. The van der Waals surface area contributed by atoms with Gasteiger partial charge in [0.2, 0.25) is 0 Å². The highest BCUT2D eigenvalue weighted by Gasteiger charge is 2.57. The van der Waals surface area contributed by atoms with Gasteiger partial charge in [0.1, 0.15) is 0 Å². The lowest BCUT2D eigenvalue weighted by Gasteiger charge is -2.61. The van der Waals surface area contributed by atoms with Gasteiger partial charge in [-0.25, -0.2) is 0 Å². The van der Waals surface area contributed by atoms with Crippen molar-refractivity contribution >= 4 is 0 Å². The van der Waals surface area contributed by atoms with Crippen molar-refractivity contribution in [2.45, 2.75) is 91.6 Å². The van der Waals surface area contributed by atoms with Crippen LogP contribution in [-0.4, -0.2) is 22.4 Å². The van der Waals surface area contributed by atoms with Crippen LogP contribution in [0, 0.1) is 28.6 Å². The average molecular weight is 311 g/mol. The van der Waals surface area contributed by atoms with E-state index < -0.39 is 5.60 Å². The highest BCUT2D eigenvalue weighted by Crippen LogP contribution is 2.63. The summed E-state index contributed by atoms with van der Waals surface area (Å²) in [7, 11) is 0. The van der Waals surface area contributed by atoms with Crippen molar-refractivity contribution in [3.8, 4) is 0 Å². The van der Waals surface area contributed by atoms with Crippen LogP contribution in [0.3, 0.4) is 0 Å². The first-order chi connectivity index (χ1) is 10.1. The summed E-state index contributed by atoms with van der Waals surface area (Å²) in [5, 5.41) is 20.2. The lowest BCUT2D eigenvalue weighted by atomic mass is 9.45. The Labute approximate surface area is 137 Å². The van der Waals surface area contributed by atoms with E-state index in [1.807, 2.05) is 0 Å². The topological polar surface area (TPSA) is 40.5 Å². The minimum absolute atomic E-state index is 0.280. The fourth-order valence-corrected chi connectivity index (χ4v) is 6.08. The molecular weight excluding hydrogens is 272 g/mol. The molecule has 2 rings (SSSR count). The molecule has 0 aromatic heterocycles. The summed E-state index contributed by atoms with van der Waals surface area (Å²) in [6.45, 7) is 12.0. The summed E-state index contributed by atoms with van der Waals surface area (Å²) in [4.78, 5) is 0. The number of fused-ring (bicyclic) bond motifs is 1. The summed E-state index contributed by atoms with van der Waals surface area (Å²) >= 11 is 0. The van der Waals surface area contributed by atoms with Crippen molar-refractivity contribution in [3.05, 3.63) is 0 Å². The van der Waals surface area contributed by atoms with Gasteiger partial charge in [0.25, 0.3) is 0 Å². The third-order valence-corrected chi connectivity index (χ3v) is 7.33. The molecular formula is C20H38O2. The molecule has 0 spiro atoms. The van der Waals surface area contributed by atoms with Gasteiger partial charge in [0.15, 0.2) is 0 Å². The molecule has 2 saturated carbocycles. The summed E-state index contributed by atoms with van der Waals surface area (Å²) < 4.78 is 0. The van der Waals surface area contributed by atoms with Crippen molar-refractivity contribution in [1.29, 1.82) is 0 Å². The third-order valence-electron chi connectivity index (χ3n) is 7.33. The Morgan fingerprint density at radius 1 is 1.05 bits per heavy atom. The quantitative estimate of drug-likeness (QED) is 0.767. The van der Waals surface area contributed by atoms with Crippen LogP contribution >= 0.6 is 0 Å². The Morgan fingerprint density at radius 3 is 2.36 bits per heavy atom. The molecule has 0 amide bonds. The Bertz CT molecular complexity index is 374. The van der Waals surface area contributed by atoms with Crippen molar-refractivity contribution in [2.75, 3.05) is 6.61 Å². The predicted octanol–water partition coefficient (Wildman–Crippen LogP) is 4.78. The number of hydrogen-bond donors (Lipinski definition) is 2. The van der Waals surface area contributed by atoms with E-state index in [-0.39, 0.29) is 12.0 Å². The first kappa shape index (κ1) is 18.3. The van der Waals surface area contributed by atoms with E-state index in [1.54, 1.807) is 0 Å². The van der Waals surface area contributed by atoms with E-state index in [2.05, 4.69) is 34.6 Å². The van der Waals surface area contributed by atoms with Gasteiger partial charge in [-0.2, -0.15) is 0 Å². The summed E-state index contributed by atoms with van der Waals surface area (Å²) in [6.07, 6.45) is 9.18. The van der Waals surface area contributed by atoms with Crippen molar-refractivity contribution in [2.24, 2.45) is 28.6 Å². The number of aliphatic hydroxyl groups excluding tert-OH is 1. The molecule has 0 aliphatic heterocycles. The molecule has 0 heterocycles. The fraction of sp³-hybridized carbons (Fsp3) is 1.00. The lowest BCUT2D eigenvalue weighted by molar-refractivity contribution is -0.170. The molecule has 2 aliphatic rings. The Balaban J connectivity index is 2.19. The lowest BCUT2D eigenvalue weighted by Crippen LogP contribution is -2.57. The highest BCUT2D eigenvalue weighted by molar-refractivity contribution is 5.07. The van der Waals surface area contributed by atoms with Crippen LogP contribution in [0.15, 0.2) is 0 Å². The molecule has 130 valence electrons. The average Bonchev–Trinajstić information content (AvgIpc) is 2.36. The van der Waals surface area contributed by atoms with Gasteiger partial charge in [0, 0.05) is 6.61 Å². The van der Waals surface area contributed by atoms with Crippen molar-refractivity contribution in [1.82, 2.24) is 0 Å². The zero-order chi connectivity index (χ0) is 16.6. The Kier molecular flexibility index (Phi) is 5.34. The van der Waals surface area contributed by atoms with E-state index in [0.29, 0.717) is 17.3 Å². The van der Waals surface area contributed by atoms with Crippen molar-refractivity contribution in [3.63, 3.8) is 0 Å². The monoisotopic (exact) mass is 310 g/mol. The maximum Gasteiger partial charge on any atom is 0.0653 e. The zero-order valence-electron chi connectivity index (χ0n) is 15.5. The van der Waals surface area contributed by atoms with Crippen LogP contribution in [0.4, 0.5) is 0 Å². The predicted molar refractivity (Wildman–Crippen MR) is 92.7 cm³/mol. The zero-order valence-corrected chi connectivity index (χ0v) is 15.5. The second-order valence-electron chi connectivity index (χ2n) is 9.54. The van der Waals surface area contributed by atoms with Gasteiger partial charge in [0.05, 0.1) is 5.60 Å². The molecule has 0 bridgehead atoms. The molecule has 0 saturated heterocycles.